The summed E-state index contributed by atoms with van der Waals surface area (Å²) < 4.78 is 5.33. The minimum Gasteiger partial charge on any atom is -0.496 e. The van der Waals surface area contributed by atoms with E-state index in [0.717, 1.165) is 11.3 Å². The van der Waals surface area contributed by atoms with Crippen molar-refractivity contribution < 1.29 is 14.6 Å². The average molecular weight is 251 g/mol. The molecule has 0 fully saturated rings. The minimum atomic E-state index is -0.814. The van der Waals surface area contributed by atoms with E-state index in [9.17, 15) is 4.79 Å². The van der Waals surface area contributed by atoms with Crippen LogP contribution in [0.15, 0.2) is 24.3 Å². The average Bonchev–Trinajstić information content (AvgIpc) is 2.34. The molecule has 0 saturated heterocycles. The molecule has 0 spiro atoms. The molecule has 0 aromatic heterocycles. The number of rotatable bonds is 6. The standard InChI is InChI=1S/C14H21NO3/c1-10(2)15(9-14(16)17)11(3)12-7-5-6-8-13(12)18-4/h5-8,10-11H,9H2,1-4H3,(H,16,17). The molecule has 0 bridgehead atoms. The van der Waals surface area contributed by atoms with Crippen LogP contribution in [0.5, 0.6) is 5.75 Å². The van der Waals surface area contributed by atoms with Crippen molar-refractivity contribution in [3.63, 3.8) is 0 Å². The van der Waals surface area contributed by atoms with Crippen LogP contribution in [0.2, 0.25) is 0 Å². The summed E-state index contributed by atoms with van der Waals surface area (Å²) in [6, 6.07) is 7.86. The quantitative estimate of drug-likeness (QED) is 0.844. The molecule has 0 aliphatic heterocycles. The topological polar surface area (TPSA) is 49.8 Å². The summed E-state index contributed by atoms with van der Waals surface area (Å²) in [6.45, 7) is 6.02. The van der Waals surface area contributed by atoms with E-state index in [1.54, 1.807) is 7.11 Å². The van der Waals surface area contributed by atoms with Gasteiger partial charge < -0.3 is 9.84 Å². The number of hydrogen-bond donors (Lipinski definition) is 1. The Labute approximate surface area is 108 Å². The number of hydrogen-bond acceptors (Lipinski definition) is 3. The molecule has 1 N–H and O–H groups in total. The summed E-state index contributed by atoms with van der Waals surface area (Å²) in [6.07, 6.45) is 0. The molecule has 1 atom stereocenters. The van der Waals surface area contributed by atoms with E-state index in [4.69, 9.17) is 9.84 Å². The van der Waals surface area contributed by atoms with Gasteiger partial charge >= 0.3 is 5.97 Å². The lowest BCUT2D eigenvalue weighted by Gasteiger charge is -2.32. The third kappa shape index (κ3) is 3.47. The van der Waals surface area contributed by atoms with Crippen LogP contribution in [0.4, 0.5) is 0 Å². The van der Waals surface area contributed by atoms with Crippen molar-refractivity contribution in [2.45, 2.75) is 32.9 Å². The van der Waals surface area contributed by atoms with E-state index in [2.05, 4.69) is 0 Å². The van der Waals surface area contributed by atoms with Crippen LogP contribution in [0.3, 0.4) is 0 Å². The summed E-state index contributed by atoms with van der Waals surface area (Å²) in [5.41, 5.74) is 1.01. The fourth-order valence-electron chi connectivity index (χ4n) is 2.11. The summed E-state index contributed by atoms with van der Waals surface area (Å²) in [4.78, 5) is 12.9. The molecule has 0 aliphatic rings. The first-order valence-electron chi connectivity index (χ1n) is 6.07. The summed E-state index contributed by atoms with van der Waals surface area (Å²) >= 11 is 0. The van der Waals surface area contributed by atoms with Crippen molar-refractivity contribution in [3.8, 4) is 5.75 Å². The van der Waals surface area contributed by atoms with Gasteiger partial charge in [-0.25, -0.2) is 0 Å². The van der Waals surface area contributed by atoms with Gasteiger partial charge in [0.1, 0.15) is 5.75 Å². The molecule has 1 aromatic carbocycles. The van der Waals surface area contributed by atoms with Crippen molar-refractivity contribution in [3.05, 3.63) is 29.8 Å². The van der Waals surface area contributed by atoms with Gasteiger partial charge in [0.25, 0.3) is 0 Å². The smallest absolute Gasteiger partial charge is 0.317 e. The molecule has 1 unspecified atom stereocenters. The molecule has 0 radical (unpaired) electrons. The molecule has 100 valence electrons. The fourth-order valence-corrected chi connectivity index (χ4v) is 2.11. The third-order valence-electron chi connectivity index (χ3n) is 3.07. The molecule has 0 amide bonds. The van der Waals surface area contributed by atoms with E-state index in [1.165, 1.54) is 0 Å². The van der Waals surface area contributed by atoms with Gasteiger partial charge in [0.05, 0.1) is 13.7 Å². The Morgan fingerprint density at radius 3 is 2.44 bits per heavy atom. The largest absolute Gasteiger partial charge is 0.496 e. The van der Waals surface area contributed by atoms with Crippen LogP contribution in [0.25, 0.3) is 0 Å². The molecule has 0 aliphatic carbocycles. The molecule has 0 saturated carbocycles. The van der Waals surface area contributed by atoms with Gasteiger partial charge in [-0.2, -0.15) is 0 Å². The zero-order chi connectivity index (χ0) is 13.7. The molecule has 0 heterocycles. The van der Waals surface area contributed by atoms with Crippen molar-refractivity contribution >= 4 is 5.97 Å². The van der Waals surface area contributed by atoms with Gasteiger partial charge in [0.2, 0.25) is 0 Å². The number of nitrogens with zero attached hydrogens (tertiary/aromatic N) is 1. The molecule has 4 heteroatoms. The lowest BCUT2D eigenvalue weighted by Crippen LogP contribution is -2.37. The van der Waals surface area contributed by atoms with Crippen LogP contribution in [-0.4, -0.2) is 35.7 Å². The maximum absolute atomic E-state index is 10.9. The molecule has 1 rings (SSSR count). The maximum Gasteiger partial charge on any atom is 0.317 e. The van der Waals surface area contributed by atoms with Crippen molar-refractivity contribution in [2.24, 2.45) is 0 Å². The zero-order valence-corrected chi connectivity index (χ0v) is 11.4. The van der Waals surface area contributed by atoms with E-state index >= 15 is 0 Å². The van der Waals surface area contributed by atoms with E-state index in [-0.39, 0.29) is 18.6 Å². The second-order valence-corrected chi connectivity index (χ2v) is 4.58. The SMILES string of the molecule is COc1ccccc1C(C)N(CC(=O)O)C(C)C. The maximum atomic E-state index is 10.9. The van der Waals surface area contributed by atoms with Gasteiger partial charge in [0, 0.05) is 17.6 Å². The normalized spacial score (nSPS) is 12.8. The van der Waals surface area contributed by atoms with Gasteiger partial charge in [-0.1, -0.05) is 18.2 Å². The van der Waals surface area contributed by atoms with Gasteiger partial charge in [-0.3, -0.25) is 9.69 Å². The number of benzene rings is 1. The Morgan fingerprint density at radius 1 is 1.33 bits per heavy atom. The third-order valence-corrected chi connectivity index (χ3v) is 3.07. The number of aliphatic carboxylic acids is 1. The predicted octanol–water partition coefficient (Wildman–Crippen LogP) is 2.55. The number of ether oxygens (including phenoxy) is 1. The van der Waals surface area contributed by atoms with Gasteiger partial charge in [-0.05, 0) is 26.8 Å². The number of carbonyl (C=O) groups is 1. The molecule has 4 nitrogen and oxygen atoms in total. The molecule has 1 aromatic rings. The van der Waals surface area contributed by atoms with Gasteiger partial charge in [-0.15, -0.1) is 0 Å². The summed E-state index contributed by atoms with van der Waals surface area (Å²) in [5.74, 6) is -0.0218. The Kier molecular flexibility index (Phi) is 5.16. The highest BCUT2D eigenvalue weighted by atomic mass is 16.5. The number of carboxylic acid groups (broad SMARTS) is 1. The Hall–Kier alpha value is -1.55. The second kappa shape index (κ2) is 6.40. The van der Waals surface area contributed by atoms with Crippen molar-refractivity contribution in [2.75, 3.05) is 13.7 Å². The molecular formula is C14H21NO3. The van der Waals surface area contributed by atoms with Crippen LogP contribution in [-0.2, 0) is 4.79 Å². The highest BCUT2D eigenvalue weighted by Gasteiger charge is 2.23. The summed E-state index contributed by atoms with van der Waals surface area (Å²) in [7, 11) is 1.63. The Bertz CT molecular complexity index is 404. The second-order valence-electron chi connectivity index (χ2n) is 4.58. The Morgan fingerprint density at radius 2 is 1.94 bits per heavy atom. The highest BCUT2D eigenvalue weighted by molar-refractivity contribution is 5.69. The fraction of sp³-hybridized carbons (Fsp3) is 0.500. The van der Waals surface area contributed by atoms with Crippen LogP contribution in [0.1, 0.15) is 32.4 Å². The molecule has 18 heavy (non-hydrogen) atoms. The summed E-state index contributed by atoms with van der Waals surface area (Å²) in [5, 5.41) is 8.98. The van der Waals surface area contributed by atoms with E-state index in [0.29, 0.717) is 0 Å². The highest BCUT2D eigenvalue weighted by Crippen LogP contribution is 2.29. The van der Waals surface area contributed by atoms with Crippen molar-refractivity contribution in [1.29, 1.82) is 0 Å². The van der Waals surface area contributed by atoms with Crippen LogP contribution >= 0.6 is 0 Å². The van der Waals surface area contributed by atoms with E-state index in [1.807, 2.05) is 49.9 Å². The van der Waals surface area contributed by atoms with Crippen LogP contribution in [0, 0.1) is 0 Å². The number of para-hydroxylation sites is 1. The molecular weight excluding hydrogens is 230 g/mol. The zero-order valence-electron chi connectivity index (χ0n) is 11.4. The van der Waals surface area contributed by atoms with Crippen LogP contribution < -0.4 is 4.74 Å². The lowest BCUT2D eigenvalue weighted by atomic mass is 10.0. The number of methoxy groups -OCH3 is 1. The van der Waals surface area contributed by atoms with Crippen molar-refractivity contribution in [1.82, 2.24) is 4.90 Å². The first kappa shape index (κ1) is 14.5. The van der Waals surface area contributed by atoms with E-state index < -0.39 is 5.97 Å². The first-order chi connectivity index (χ1) is 8.47. The Balaban J connectivity index is 3.01. The monoisotopic (exact) mass is 251 g/mol. The predicted molar refractivity (Wildman–Crippen MR) is 70.9 cm³/mol. The lowest BCUT2D eigenvalue weighted by molar-refractivity contribution is -0.139. The van der Waals surface area contributed by atoms with Gasteiger partial charge in [0.15, 0.2) is 0 Å². The number of carboxylic acids is 1. The first-order valence-corrected chi connectivity index (χ1v) is 6.07. The minimum absolute atomic E-state index is 0.00255.